The molecule has 0 radical (unpaired) electrons. The van der Waals surface area contributed by atoms with Gasteiger partial charge in [-0.15, -0.1) is 0 Å². The van der Waals surface area contributed by atoms with Crippen molar-refractivity contribution in [2.75, 3.05) is 26.8 Å². The zero-order valence-electron chi connectivity index (χ0n) is 19.3. The Labute approximate surface area is 204 Å². The van der Waals surface area contributed by atoms with Crippen molar-refractivity contribution < 1.29 is 19.4 Å². The van der Waals surface area contributed by atoms with Gasteiger partial charge in [-0.1, -0.05) is 24.0 Å². The van der Waals surface area contributed by atoms with E-state index in [1.165, 1.54) is 6.20 Å². The zero-order valence-corrected chi connectivity index (χ0v) is 19.3. The van der Waals surface area contributed by atoms with Crippen LogP contribution < -0.4 is 4.74 Å². The number of ether oxygens (including phenoxy) is 1. The summed E-state index contributed by atoms with van der Waals surface area (Å²) in [5.74, 6) is 6.69. The Morgan fingerprint density at radius 1 is 1.09 bits per heavy atom. The molecule has 2 aromatic carbocycles. The maximum absolute atomic E-state index is 12.9. The number of pyridine rings is 1. The van der Waals surface area contributed by atoms with E-state index in [1.54, 1.807) is 35.2 Å². The predicted octanol–water partition coefficient (Wildman–Crippen LogP) is 2.30. The van der Waals surface area contributed by atoms with E-state index in [9.17, 15) is 14.7 Å². The molecule has 0 bridgehead atoms. The summed E-state index contributed by atoms with van der Waals surface area (Å²) in [5, 5.41) is 10.0. The van der Waals surface area contributed by atoms with Crippen LogP contribution in [0.25, 0.3) is 0 Å². The Kier molecular flexibility index (Phi) is 6.21. The van der Waals surface area contributed by atoms with E-state index in [1.807, 2.05) is 48.5 Å². The molecular formula is C28H25N3O4. The van der Waals surface area contributed by atoms with E-state index in [4.69, 9.17) is 4.74 Å². The van der Waals surface area contributed by atoms with Crippen molar-refractivity contribution in [3.8, 4) is 17.6 Å². The van der Waals surface area contributed by atoms with E-state index >= 15 is 0 Å². The van der Waals surface area contributed by atoms with Crippen LogP contribution >= 0.6 is 0 Å². The van der Waals surface area contributed by atoms with Gasteiger partial charge in [0.15, 0.2) is 0 Å². The van der Waals surface area contributed by atoms with Crippen molar-refractivity contribution in [3.63, 3.8) is 0 Å². The molecule has 176 valence electrons. The Morgan fingerprint density at radius 3 is 2.37 bits per heavy atom. The molecule has 0 aliphatic carbocycles. The number of carbonyl (C=O) groups excluding carboxylic acids is 2. The molecule has 2 saturated heterocycles. The molecule has 2 aliphatic heterocycles. The number of nitrogens with zero attached hydrogens (tertiary/aromatic N) is 3. The second-order valence-electron chi connectivity index (χ2n) is 8.67. The highest BCUT2D eigenvalue weighted by Gasteiger charge is 2.54. The highest BCUT2D eigenvalue weighted by atomic mass is 16.5. The summed E-state index contributed by atoms with van der Waals surface area (Å²) in [7, 11) is 1.63. The lowest BCUT2D eigenvalue weighted by Gasteiger charge is -2.58. The van der Waals surface area contributed by atoms with E-state index in [0.717, 1.165) is 22.4 Å². The Hall–Kier alpha value is -4.15. The first-order valence-electron chi connectivity index (χ1n) is 11.5. The lowest BCUT2D eigenvalue weighted by Crippen LogP contribution is -2.73. The van der Waals surface area contributed by atoms with Crippen LogP contribution in [0.2, 0.25) is 0 Å². The average Bonchev–Trinajstić information content (AvgIpc) is 2.89. The van der Waals surface area contributed by atoms with Gasteiger partial charge >= 0.3 is 0 Å². The van der Waals surface area contributed by atoms with Gasteiger partial charge in [0, 0.05) is 36.0 Å². The molecule has 7 nitrogen and oxygen atoms in total. The Morgan fingerprint density at radius 2 is 1.77 bits per heavy atom. The summed E-state index contributed by atoms with van der Waals surface area (Å²) in [5.41, 5.74) is 3.24. The molecule has 0 saturated carbocycles. The van der Waals surface area contributed by atoms with Crippen LogP contribution in [0, 0.1) is 11.8 Å². The van der Waals surface area contributed by atoms with Crippen LogP contribution in [-0.4, -0.2) is 70.6 Å². The number of benzene rings is 2. The lowest BCUT2D eigenvalue weighted by atomic mass is 9.73. The summed E-state index contributed by atoms with van der Waals surface area (Å²) in [6.45, 7) is 0.301. The van der Waals surface area contributed by atoms with Gasteiger partial charge in [0.05, 0.1) is 31.4 Å². The number of aromatic nitrogens is 1. The maximum Gasteiger partial charge on any atom is 0.255 e. The van der Waals surface area contributed by atoms with Gasteiger partial charge in [-0.05, 0) is 54.1 Å². The first-order valence-corrected chi connectivity index (χ1v) is 11.5. The molecule has 35 heavy (non-hydrogen) atoms. The van der Waals surface area contributed by atoms with Crippen molar-refractivity contribution in [1.82, 2.24) is 14.8 Å². The minimum Gasteiger partial charge on any atom is -0.497 e. The van der Waals surface area contributed by atoms with Crippen molar-refractivity contribution in [1.29, 1.82) is 0 Å². The maximum atomic E-state index is 12.9. The third kappa shape index (κ3) is 4.36. The molecule has 5 rings (SSSR count). The van der Waals surface area contributed by atoms with Crippen molar-refractivity contribution >= 4 is 11.8 Å². The molecule has 2 aliphatic rings. The number of hydrogen-bond donors (Lipinski definition) is 1. The van der Waals surface area contributed by atoms with Crippen LogP contribution in [0.4, 0.5) is 0 Å². The molecule has 0 unspecified atom stereocenters. The van der Waals surface area contributed by atoms with Crippen molar-refractivity contribution in [3.05, 3.63) is 95.3 Å². The minimum absolute atomic E-state index is 0.00728. The number of rotatable bonds is 4. The van der Waals surface area contributed by atoms with Gasteiger partial charge < -0.3 is 19.6 Å². The number of fused-ring (bicyclic) bond motifs is 1. The first-order chi connectivity index (χ1) is 17.1. The number of aliphatic hydroxyl groups excluding tert-OH is 1. The Bertz CT molecular complexity index is 1280. The van der Waals surface area contributed by atoms with Gasteiger partial charge in [-0.25, -0.2) is 0 Å². The summed E-state index contributed by atoms with van der Waals surface area (Å²) in [6.07, 6.45) is 3.12. The molecule has 2 amide bonds. The molecule has 3 aromatic rings. The number of carbonyl (C=O) groups is 2. The van der Waals surface area contributed by atoms with Crippen LogP contribution in [0.5, 0.6) is 5.75 Å². The monoisotopic (exact) mass is 467 g/mol. The molecule has 3 atom stereocenters. The van der Waals surface area contributed by atoms with Crippen LogP contribution in [0.1, 0.15) is 33.0 Å². The zero-order chi connectivity index (χ0) is 24.4. The second-order valence-corrected chi connectivity index (χ2v) is 8.67. The lowest BCUT2D eigenvalue weighted by molar-refractivity contribution is -0.159. The van der Waals surface area contributed by atoms with Gasteiger partial charge in [0.2, 0.25) is 5.91 Å². The van der Waals surface area contributed by atoms with Crippen molar-refractivity contribution in [2.24, 2.45) is 0 Å². The summed E-state index contributed by atoms with van der Waals surface area (Å²) in [6, 6.07) is 18.4. The quantitative estimate of drug-likeness (QED) is 0.596. The van der Waals surface area contributed by atoms with Gasteiger partial charge in [-0.2, -0.15) is 0 Å². The first kappa shape index (κ1) is 22.6. The number of hydrogen-bond acceptors (Lipinski definition) is 5. The number of aliphatic hydroxyl groups is 1. The predicted molar refractivity (Wildman–Crippen MR) is 130 cm³/mol. The standard InChI is InChI=1S/C28H25N3O4/c1-35-23-12-8-20(9-13-23)5-4-19-6-10-21(11-7-19)27-24-16-30(17-26(33)31(24)25(27)18-32)28(34)22-3-2-14-29-15-22/h2-3,6-15,24-25,27,32H,16-18H2,1H3/t24-,25+,27-/m1/s1. The van der Waals surface area contributed by atoms with Gasteiger partial charge in [-0.3, -0.25) is 14.6 Å². The third-order valence-corrected chi connectivity index (χ3v) is 6.68. The SMILES string of the molecule is COc1ccc(C#Cc2ccc([C@@H]3[C@H]4CN(C(=O)c5cccnc5)CC(=O)N4[C@H]3CO)cc2)cc1. The molecule has 3 heterocycles. The van der Waals surface area contributed by atoms with Gasteiger partial charge in [0.1, 0.15) is 12.3 Å². The van der Waals surface area contributed by atoms with Crippen molar-refractivity contribution in [2.45, 2.75) is 18.0 Å². The summed E-state index contributed by atoms with van der Waals surface area (Å²) in [4.78, 5) is 33.1. The van der Waals surface area contributed by atoms with Crippen LogP contribution in [0.15, 0.2) is 73.1 Å². The highest BCUT2D eigenvalue weighted by Crippen LogP contribution is 2.43. The number of methoxy groups -OCH3 is 1. The molecule has 1 aromatic heterocycles. The number of piperazine rings is 1. The van der Waals surface area contributed by atoms with Gasteiger partial charge in [0.25, 0.3) is 5.91 Å². The molecule has 1 N–H and O–H groups in total. The fourth-order valence-corrected chi connectivity index (χ4v) is 4.93. The Balaban J connectivity index is 1.33. The summed E-state index contributed by atoms with van der Waals surface area (Å²) >= 11 is 0. The summed E-state index contributed by atoms with van der Waals surface area (Å²) < 4.78 is 5.17. The molecule has 7 heteroatoms. The largest absolute Gasteiger partial charge is 0.497 e. The fourth-order valence-electron chi connectivity index (χ4n) is 4.93. The minimum atomic E-state index is -0.292. The third-order valence-electron chi connectivity index (χ3n) is 6.68. The fraction of sp³-hybridized carbons (Fsp3) is 0.250. The van der Waals surface area contributed by atoms with E-state index in [-0.39, 0.29) is 43.0 Å². The normalized spacial score (nSPS) is 20.9. The van der Waals surface area contributed by atoms with E-state index < -0.39 is 0 Å². The average molecular weight is 468 g/mol. The topological polar surface area (TPSA) is 83.0 Å². The smallest absolute Gasteiger partial charge is 0.255 e. The van der Waals surface area contributed by atoms with Crippen LogP contribution in [-0.2, 0) is 4.79 Å². The number of amides is 2. The van der Waals surface area contributed by atoms with E-state index in [0.29, 0.717) is 12.1 Å². The molecular weight excluding hydrogens is 442 g/mol. The molecule has 2 fully saturated rings. The van der Waals surface area contributed by atoms with Crippen LogP contribution in [0.3, 0.4) is 0 Å². The second kappa shape index (κ2) is 9.61. The molecule has 0 spiro atoms. The van der Waals surface area contributed by atoms with E-state index in [2.05, 4.69) is 16.8 Å². The highest BCUT2D eigenvalue weighted by molar-refractivity contribution is 5.97.